The lowest BCUT2D eigenvalue weighted by Gasteiger charge is -2.20. The van der Waals surface area contributed by atoms with Crippen LogP contribution < -0.4 is 10.9 Å². The number of hydrogen-bond acceptors (Lipinski definition) is 2. The fourth-order valence-corrected chi connectivity index (χ4v) is 3.04. The van der Waals surface area contributed by atoms with E-state index in [1.807, 2.05) is 0 Å². The van der Waals surface area contributed by atoms with Crippen molar-refractivity contribution in [2.24, 2.45) is 5.92 Å². The highest BCUT2D eigenvalue weighted by Crippen LogP contribution is 2.28. The minimum Gasteiger partial charge on any atom is -0.354 e. The quantitative estimate of drug-likeness (QED) is 0.911. The van der Waals surface area contributed by atoms with Gasteiger partial charge in [0.05, 0.1) is 5.56 Å². The van der Waals surface area contributed by atoms with Gasteiger partial charge in [-0.2, -0.15) is 13.2 Å². The summed E-state index contributed by atoms with van der Waals surface area (Å²) in [5, 5.41) is 2.75. The van der Waals surface area contributed by atoms with Gasteiger partial charge in [0.15, 0.2) is 0 Å². The maximum atomic E-state index is 12.7. The molecule has 1 fully saturated rings. The summed E-state index contributed by atoms with van der Waals surface area (Å²) in [6.45, 7) is 0.127. The van der Waals surface area contributed by atoms with Crippen molar-refractivity contribution in [3.63, 3.8) is 0 Å². The Balaban J connectivity index is 1.91. The zero-order valence-corrected chi connectivity index (χ0v) is 13.6. The van der Waals surface area contributed by atoms with E-state index in [1.165, 1.54) is 19.3 Å². The molecule has 0 aliphatic heterocycles. The van der Waals surface area contributed by atoms with Crippen LogP contribution in [0, 0.1) is 5.92 Å². The Labute approximate surface area is 139 Å². The third-order valence-electron chi connectivity index (χ3n) is 4.44. The molecule has 1 amide bonds. The van der Waals surface area contributed by atoms with Crippen LogP contribution in [0.4, 0.5) is 13.2 Å². The first-order valence-corrected chi connectivity index (χ1v) is 8.40. The number of carbonyl (C=O) groups is 1. The van der Waals surface area contributed by atoms with Crippen LogP contribution in [0.1, 0.15) is 50.5 Å². The predicted molar refractivity (Wildman–Crippen MR) is 84.5 cm³/mol. The van der Waals surface area contributed by atoms with E-state index in [-0.39, 0.29) is 0 Å². The lowest BCUT2D eigenvalue weighted by atomic mass is 9.91. The minimum atomic E-state index is -4.54. The average Bonchev–Trinajstić information content (AvgIpc) is 2.47. The van der Waals surface area contributed by atoms with Gasteiger partial charge in [0.1, 0.15) is 6.54 Å². The normalized spacial score (nSPS) is 17.1. The van der Waals surface area contributed by atoms with Crippen molar-refractivity contribution < 1.29 is 18.0 Å². The zero-order valence-electron chi connectivity index (χ0n) is 13.6. The van der Waals surface area contributed by atoms with Gasteiger partial charge >= 0.3 is 6.18 Å². The van der Waals surface area contributed by atoms with Crippen LogP contribution in [-0.4, -0.2) is 17.0 Å². The first-order chi connectivity index (χ1) is 11.4. The summed E-state index contributed by atoms with van der Waals surface area (Å²) in [5.74, 6) is -0.0223. The lowest BCUT2D eigenvalue weighted by Crippen LogP contribution is -2.35. The molecule has 4 nitrogen and oxygen atoms in total. The largest absolute Gasteiger partial charge is 0.417 e. The number of nitrogens with one attached hydrogen (secondary N) is 1. The van der Waals surface area contributed by atoms with Gasteiger partial charge in [-0.25, -0.2) is 0 Å². The van der Waals surface area contributed by atoms with E-state index in [9.17, 15) is 22.8 Å². The Bertz CT molecular complexity index is 603. The number of aromatic nitrogens is 1. The van der Waals surface area contributed by atoms with Gasteiger partial charge in [0.25, 0.3) is 5.56 Å². The van der Waals surface area contributed by atoms with E-state index in [0.29, 0.717) is 18.7 Å². The number of nitrogens with zero attached hydrogens (tertiary/aromatic N) is 1. The maximum Gasteiger partial charge on any atom is 0.417 e. The summed E-state index contributed by atoms with van der Waals surface area (Å²) in [4.78, 5) is 23.6. The number of rotatable bonds is 4. The Morgan fingerprint density at radius 3 is 2.38 bits per heavy atom. The first-order valence-electron chi connectivity index (χ1n) is 8.40. The summed E-state index contributed by atoms with van der Waals surface area (Å²) < 4.78 is 38.9. The molecule has 1 saturated carbocycles. The molecule has 0 unspecified atom stereocenters. The van der Waals surface area contributed by atoms with E-state index >= 15 is 0 Å². The molecular formula is C17H23F3N2O2. The van der Waals surface area contributed by atoms with E-state index in [4.69, 9.17) is 0 Å². The second-order valence-corrected chi connectivity index (χ2v) is 6.40. The number of amides is 1. The second kappa shape index (κ2) is 8.35. The van der Waals surface area contributed by atoms with E-state index in [0.717, 1.165) is 42.4 Å². The van der Waals surface area contributed by atoms with Gasteiger partial charge in [-0.15, -0.1) is 0 Å². The van der Waals surface area contributed by atoms with Gasteiger partial charge < -0.3 is 9.88 Å². The fourth-order valence-electron chi connectivity index (χ4n) is 3.04. The molecule has 1 aliphatic rings. The first kappa shape index (κ1) is 18.5. The smallest absolute Gasteiger partial charge is 0.354 e. The molecule has 0 atom stereocenters. The number of alkyl halides is 3. The van der Waals surface area contributed by atoms with Crippen LogP contribution in [0.5, 0.6) is 0 Å². The SMILES string of the molecule is O=C(Cn1cc(C(F)(F)F)ccc1=O)NCC1CCCCCCC1. The topological polar surface area (TPSA) is 51.1 Å². The van der Waals surface area contributed by atoms with Crippen molar-refractivity contribution in [2.45, 2.75) is 57.7 Å². The molecule has 1 heterocycles. The molecule has 24 heavy (non-hydrogen) atoms. The Hall–Kier alpha value is -1.79. The van der Waals surface area contributed by atoms with E-state index in [2.05, 4.69) is 5.32 Å². The molecule has 7 heteroatoms. The molecule has 0 aromatic carbocycles. The summed E-state index contributed by atoms with van der Waals surface area (Å²) in [7, 11) is 0. The van der Waals surface area contributed by atoms with Crippen molar-refractivity contribution in [3.8, 4) is 0 Å². The van der Waals surface area contributed by atoms with Gasteiger partial charge in [-0.05, 0) is 24.8 Å². The Morgan fingerprint density at radius 2 is 1.75 bits per heavy atom. The van der Waals surface area contributed by atoms with Crippen LogP contribution in [0.3, 0.4) is 0 Å². The summed E-state index contributed by atoms with van der Waals surface area (Å²) in [5.41, 5.74) is -1.56. The third-order valence-corrected chi connectivity index (χ3v) is 4.44. The monoisotopic (exact) mass is 344 g/mol. The molecule has 0 spiro atoms. The maximum absolute atomic E-state index is 12.7. The summed E-state index contributed by atoms with van der Waals surface area (Å²) in [6, 6.07) is 1.57. The van der Waals surface area contributed by atoms with Crippen molar-refractivity contribution >= 4 is 5.91 Å². The minimum absolute atomic E-state index is 0.393. The van der Waals surface area contributed by atoms with Crippen molar-refractivity contribution in [1.82, 2.24) is 9.88 Å². The highest BCUT2D eigenvalue weighted by molar-refractivity contribution is 5.75. The van der Waals surface area contributed by atoms with Gasteiger partial charge in [-0.1, -0.05) is 32.1 Å². The van der Waals surface area contributed by atoms with Crippen molar-refractivity contribution in [2.75, 3.05) is 6.54 Å². The number of pyridine rings is 1. The van der Waals surface area contributed by atoms with Gasteiger partial charge in [-0.3, -0.25) is 9.59 Å². The molecule has 2 rings (SSSR count). The zero-order chi connectivity index (χ0) is 17.6. The average molecular weight is 344 g/mol. The number of halogens is 3. The van der Waals surface area contributed by atoms with Crippen LogP contribution >= 0.6 is 0 Å². The van der Waals surface area contributed by atoms with Crippen molar-refractivity contribution in [1.29, 1.82) is 0 Å². The molecule has 0 radical (unpaired) electrons. The molecule has 1 N–H and O–H groups in total. The van der Waals surface area contributed by atoms with E-state index < -0.39 is 29.8 Å². The van der Waals surface area contributed by atoms with Crippen LogP contribution in [0.15, 0.2) is 23.1 Å². The molecule has 134 valence electrons. The molecule has 0 bridgehead atoms. The lowest BCUT2D eigenvalue weighted by molar-refractivity contribution is -0.138. The van der Waals surface area contributed by atoms with Crippen molar-refractivity contribution in [3.05, 3.63) is 34.2 Å². The molecular weight excluding hydrogens is 321 g/mol. The molecule has 1 aliphatic carbocycles. The standard InChI is InChI=1S/C17H23F3N2O2/c18-17(19,20)14-8-9-16(24)22(11-14)12-15(23)21-10-13-6-4-2-1-3-5-7-13/h8-9,11,13H,1-7,10,12H2,(H,21,23). The van der Waals surface area contributed by atoms with Crippen LogP contribution in [0.2, 0.25) is 0 Å². The van der Waals surface area contributed by atoms with Crippen LogP contribution in [-0.2, 0) is 17.5 Å². The molecule has 1 aromatic heterocycles. The van der Waals surface area contributed by atoms with E-state index in [1.54, 1.807) is 0 Å². The fraction of sp³-hybridized carbons (Fsp3) is 0.647. The number of hydrogen-bond donors (Lipinski definition) is 1. The number of carbonyl (C=O) groups excluding carboxylic acids is 1. The summed E-state index contributed by atoms with van der Waals surface area (Å²) >= 11 is 0. The highest BCUT2D eigenvalue weighted by atomic mass is 19.4. The summed E-state index contributed by atoms with van der Waals surface area (Å²) in [6.07, 6.45) is 4.25. The Kier molecular flexibility index (Phi) is 6.45. The van der Waals surface area contributed by atoms with Gasteiger partial charge in [0.2, 0.25) is 5.91 Å². The Morgan fingerprint density at radius 1 is 1.12 bits per heavy atom. The second-order valence-electron chi connectivity index (χ2n) is 6.40. The predicted octanol–water partition coefficient (Wildman–Crippen LogP) is 3.34. The third kappa shape index (κ3) is 5.69. The van der Waals surface area contributed by atoms with Gasteiger partial charge in [0, 0.05) is 18.8 Å². The highest BCUT2D eigenvalue weighted by Gasteiger charge is 2.31. The molecule has 0 saturated heterocycles. The van der Waals surface area contributed by atoms with Crippen LogP contribution in [0.25, 0.3) is 0 Å². The molecule has 1 aromatic rings.